The van der Waals surface area contributed by atoms with Gasteiger partial charge in [0.2, 0.25) is 17.7 Å². The summed E-state index contributed by atoms with van der Waals surface area (Å²) in [6.45, 7) is 0.427. The normalized spacial score (nSPS) is 12.3. The Kier molecular flexibility index (Phi) is 13.0. The largest absolute Gasteiger partial charge is 0.497 e. The molecule has 0 aliphatic carbocycles. The maximum absolute atomic E-state index is 13.6. The van der Waals surface area contributed by atoms with Gasteiger partial charge in [0.25, 0.3) is 0 Å². The minimum Gasteiger partial charge on any atom is -0.497 e. The minimum absolute atomic E-state index is 0.163. The van der Waals surface area contributed by atoms with Gasteiger partial charge in [-0.3, -0.25) is 19.6 Å². The molecule has 5 N–H and O–H groups in total. The van der Waals surface area contributed by atoms with E-state index in [0.717, 1.165) is 59.9 Å². The van der Waals surface area contributed by atoms with E-state index < -0.39 is 17.9 Å². The molecule has 45 heavy (non-hydrogen) atoms. The van der Waals surface area contributed by atoms with Crippen molar-refractivity contribution in [2.45, 2.75) is 63.8 Å². The molecule has 0 spiro atoms. The van der Waals surface area contributed by atoms with Gasteiger partial charge < -0.3 is 20.4 Å². The number of carbonyl (C=O) groups is 3. The van der Waals surface area contributed by atoms with Crippen LogP contribution in [-0.4, -0.2) is 47.6 Å². The number of aryl methyl sites for hydroxylation is 1. The first kappa shape index (κ1) is 33.3. The van der Waals surface area contributed by atoms with Crippen LogP contribution in [-0.2, 0) is 33.6 Å². The Morgan fingerprint density at radius 2 is 1.53 bits per heavy atom. The highest BCUT2D eigenvalue weighted by atomic mass is 16.5. The maximum atomic E-state index is 13.6. The Bertz CT molecular complexity index is 1500. The van der Waals surface area contributed by atoms with E-state index in [0.29, 0.717) is 19.4 Å². The number of para-hydroxylation sites is 1. The molecule has 0 unspecified atom stereocenters. The van der Waals surface area contributed by atoms with E-state index in [2.05, 4.69) is 27.8 Å². The molecule has 3 amide bonds. The lowest BCUT2D eigenvalue weighted by Crippen LogP contribution is -2.50. The highest BCUT2D eigenvalue weighted by molar-refractivity contribution is 5.91. The van der Waals surface area contributed by atoms with Crippen LogP contribution in [0.15, 0.2) is 85.1 Å². The molecular weight excluding hydrogens is 568 g/mol. The van der Waals surface area contributed by atoms with Gasteiger partial charge in [0, 0.05) is 42.4 Å². The van der Waals surface area contributed by atoms with Crippen molar-refractivity contribution >= 4 is 28.6 Å². The van der Waals surface area contributed by atoms with Crippen molar-refractivity contribution in [2.75, 3.05) is 13.7 Å². The molecule has 0 saturated heterocycles. The first-order chi connectivity index (χ1) is 22.0. The quantitative estimate of drug-likeness (QED) is 0.0594. The summed E-state index contributed by atoms with van der Waals surface area (Å²) >= 11 is 0. The van der Waals surface area contributed by atoms with E-state index in [1.54, 1.807) is 12.6 Å². The fourth-order valence-corrected chi connectivity index (χ4v) is 5.58. The second kappa shape index (κ2) is 17.6. The lowest BCUT2D eigenvalue weighted by atomic mass is 9.94. The van der Waals surface area contributed by atoms with Crippen molar-refractivity contribution in [1.82, 2.24) is 21.1 Å². The smallest absolute Gasteiger partial charge is 0.244 e. The Balaban J connectivity index is 1.36. The number of amides is 3. The minimum atomic E-state index is -0.836. The highest BCUT2D eigenvalue weighted by Gasteiger charge is 2.28. The molecule has 2 atom stereocenters. The van der Waals surface area contributed by atoms with Crippen LogP contribution in [0, 0.1) is 5.92 Å². The van der Waals surface area contributed by atoms with Gasteiger partial charge in [0.1, 0.15) is 11.8 Å². The van der Waals surface area contributed by atoms with Crippen LogP contribution >= 0.6 is 0 Å². The summed E-state index contributed by atoms with van der Waals surface area (Å²) in [5.74, 6) is -1.13. The van der Waals surface area contributed by atoms with Crippen LogP contribution in [0.4, 0.5) is 0 Å². The predicted molar refractivity (Wildman–Crippen MR) is 175 cm³/mol. The second-order valence-corrected chi connectivity index (χ2v) is 11.4. The first-order valence-electron chi connectivity index (χ1n) is 15.7. The average Bonchev–Trinajstić information content (AvgIpc) is 3.48. The van der Waals surface area contributed by atoms with Gasteiger partial charge in [0.15, 0.2) is 0 Å². The Morgan fingerprint density at radius 1 is 0.822 bits per heavy atom. The van der Waals surface area contributed by atoms with Gasteiger partial charge in [-0.25, -0.2) is 5.48 Å². The standard InChI is InChI=1S/C36H44N4O5/c1-45-30-19-17-27(18-20-30)13-5-2-3-8-14-28(24-34(41)40-44)35(42)39-33(23-29-25-38-32-16-10-9-15-31(29)32)36(43)37-22-21-26-11-6-4-7-12-26/h4,6-7,9-12,15-20,25,28,33,38,44H,2-3,5,8,13-14,21-24H2,1H3,(H,37,43)(H,39,42)(H,40,41)/t28-,33+/m0/s1. The number of nitrogens with one attached hydrogen (secondary N) is 4. The molecule has 4 aromatic rings. The summed E-state index contributed by atoms with van der Waals surface area (Å²) in [5.41, 5.74) is 5.87. The van der Waals surface area contributed by atoms with Crippen molar-refractivity contribution in [3.05, 3.63) is 102 Å². The molecule has 0 aliphatic heterocycles. The van der Waals surface area contributed by atoms with E-state index in [9.17, 15) is 19.6 Å². The lowest BCUT2D eigenvalue weighted by Gasteiger charge is -2.22. The molecule has 9 heteroatoms. The fourth-order valence-electron chi connectivity index (χ4n) is 5.58. The number of methoxy groups -OCH3 is 1. The van der Waals surface area contributed by atoms with E-state index in [4.69, 9.17) is 4.74 Å². The zero-order valence-corrected chi connectivity index (χ0v) is 25.9. The topological polar surface area (TPSA) is 133 Å². The van der Waals surface area contributed by atoms with Gasteiger partial charge in [-0.2, -0.15) is 0 Å². The van der Waals surface area contributed by atoms with Gasteiger partial charge in [-0.15, -0.1) is 0 Å². The second-order valence-electron chi connectivity index (χ2n) is 11.4. The molecule has 0 radical (unpaired) electrons. The third-order valence-electron chi connectivity index (χ3n) is 8.14. The number of ether oxygens (including phenoxy) is 1. The predicted octanol–water partition coefficient (Wildman–Crippen LogP) is 5.27. The molecule has 0 aliphatic rings. The molecule has 1 heterocycles. The van der Waals surface area contributed by atoms with Crippen molar-refractivity contribution in [1.29, 1.82) is 0 Å². The molecule has 3 aromatic carbocycles. The number of hydroxylamine groups is 1. The van der Waals surface area contributed by atoms with Crippen molar-refractivity contribution in [2.24, 2.45) is 5.92 Å². The van der Waals surface area contributed by atoms with Crippen LogP contribution in [0.25, 0.3) is 10.9 Å². The van der Waals surface area contributed by atoms with Gasteiger partial charge in [-0.1, -0.05) is 79.9 Å². The molecular formula is C36H44N4O5. The lowest BCUT2D eigenvalue weighted by molar-refractivity contribution is -0.136. The summed E-state index contributed by atoms with van der Waals surface area (Å²) in [6.07, 6.45) is 7.72. The van der Waals surface area contributed by atoms with E-state index in [1.165, 1.54) is 5.56 Å². The van der Waals surface area contributed by atoms with Crippen molar-refractivity contribution in [3.8, 4) is 5.75 Å². The molecule has 0 bridgehead atoms. The van der Waals surface area contributed by atoms with E-state index in [-0.39, 0.29) is 24.7 Å². The van der Waals surface area contributed by atoms with Crippen molar-refractivity contribution < 1.29 is 24.3 Å². The van der Waals surface area contributed by atoms with Crippen molar-refractivity contribution in [3.63, 3.8) is 0 Å². The number of benzene rings is 3. The number of unbranched alkanes of at least 4 members (excludes halogenated alkanes) is 3. The van der Waals surface area contributed by atoms with Gasteiger partial charge in [0.05, 0.1) is 7.11 Å². The number of fused-ring (bicyclic) bond motifs is 1. The zero-order chi connectivity index (χ0) is 31.9. The van der Waals surface area contributed by atoms with Gasteiger partial charge >= 0.3 is 0 Å². The number of hydrogen-bond donors (Lipinski definition) is 5. The fraction of sp³-hybridized carbons (Fsp3) is 0.361. The van der Waals surface area contributed by atoms with Crippen LogP contribution in [0.1, 0.15) is 55.2 Å². The Hall–Kier alpha value is -4.63. The number of aromatic nitrogens is 1. The summed E-state index contributed by atoms with van der Waals surface area (Å²) in [4.78, 5) is 42.4. The molecule has 1 aromatic heterocycles. The summed E-state index contributed by atoms with van der Waals surface area (Å²) < 4.78 is 5.22. The van der Waals surface area contributed by atoms with Crippen LogP contribution in [0.3, 0.4) is 0 Å². The molecule has 238 valence electrons. The molecule has 9 nitrogen and oxygen atoms in total. The number of rotatable bonds is 18. The summed E-state index contributed by atoms with van der Waals surface area (Å²) in [7, 11) is 1.65. The Morgan fingerprint density at radius 3 is 2.29 bits per heavy atom. The van der Waals surface area contributed by atoms with Gasteiger partial charge in [-0.05, 0) is 60.6 Å². The molecule has 0 saturated carbocycles. The Labute approximate surface area is 264 Å². The van der Waals surface area contributed by atoms with E-state index >= 15 is 0 Å². The third-order valence-corrected chi connectivity index (χ3v) is 8.14. The average molecular weight is 613 g/mol. The first-order valence-corrected chi connectivity index (χ1v) is 15.7. The molecule has 4 rings (SSSR count). The van der Waals surface area contributed by atoms with Crippen LogP contribution in [0.5, 0.6) is 5.75 Å². The third kappa shape index (κ3) is 10.5. The van der Waals surface area contributed by atoms with E-state index in [1.807, 2.05) is 72.9 Å². The number of carbonyl (C=O) groups excluding carboxylic acids is 3. The van der Waals surface area contributed by atoms with Crippen LogP contribution < -0.4 is 20.9 Å². The number of H-pyrrole nitrogens is 1. The maximum Gasteiger partial charge on any atom is 0.244 e. The van der Waals surface area contributed by atoms with Crippen LogP contribution in [0.2, 0.25) is 0 Å². The zero-order valence-electron chi connectivity index (χ0n) is 25.9. The molecule has 0 fully saturated rings. The summed E-state index contributed by atoms with van der Waals surface area (Å²) in [5, 5.41) is 16.1. The SMILES string of the molecule is COc1ccc(CCCCCC[C@@H](CC(=O)NO)C(=O)N[C@H](Cc2c[nH]c3ccccc23)C(=O)NCCc2ccccc2)cc1. The monoisotopic (exact) mass is 612 g/mol. The summed E-state index contributed by atoms with van der Waals surface area (Å²) in [6, 6.07) is 24.9. The highest BCUT2D eigenvalue weighted by Crippen LogP contribution is 2.21. The number of hydrogen-bond acceptors (Lipinski definition) is 5. The number of aromatic amines is 1.